The molecule has 0 saturated carbocycles. The van der Waals surface area contributed by atoms with Gasteiger partial charge in [0, 0.05) is 0 Å². The largest absolute Gasteiger partial charge is 0.0616 e. The molecule has 0 aromatic heterocycles. The van der Waals surface area contributed by atoms with E-state index in [9.17, 15) is 0 Å². The molecule has 0 atom stereocenters. The van der Waals surface area contributed by atoms with Gasteiger partial charge in [-0.1, -0.05) is 182 Å². The van der Waals surface area contributed by atoms with E-state index < -0.39 is 0 Å². The lowest BCUT2D eigenvalue weighted by Crippen LogP contribution is -1.91. The number of benzene rings is 11. The number of rotatable bonds is 3. The van der Waals surface area contributed by atoms with E-state index in [0.29, 0.717) is 0 Å². The molecule has 0 bridgehead atoms. The van der Waals surface area contributed by atoms with E-state index >= 15 is 0 Å². The molecule has 11 aromatic rings. The topological polar surface area (TPSA) is 0 Å². The summed E-state index contributed by atoms with van der Waals surface area (Å²) in [4.78, 5) is 0. The minimum absolute atomic E-state index is 1.23. The highest BCUT2D eigenvalue weighted by Crippen LogP contribution is 2.46. The van der Waals surface area contributed by atoms with Crippen LogP contribution in [0.3, 0.4) is 0 Å². The zero-order valence-electron chi connectivity index (χ0n) is 28.5. The summed E-state index contributed by atoms with van der Waals surface area (Å²) in [7, 11) is 0. The summed E-state index contributed by atoms with van der Waals surface area (Å²) in [6.45, 7) is 0. The second-order valence-corrected chi connectivity index (χ2v) is 14.0. The first-order valence-electron chi connectivity index (χ1n) is 18.1. The second-order valence-electron chi connectivity index (χ2n) is 14.0. The van der Waals surface area contributed by atoms with E-state index in [1.165, 1.54) is 109 Å². The van der Waals surface area contributed by atoms with Crippen LogP contribution in [-0.2, 0) is 0 Å². The van der Waals surface area contributed by atoms with Gasteiger partial charge in [0.05, 0.1) is 0 Å². The van der Waals surface area contributed by atoms with Crippen molar-refractivity contribution in [1.29, 1.82) is 0 Å². The van der Waals surface area contributed by atoms with Crippen LogP contribution in [0.1, 0.15) is 0 Å². The molecule has 0 saturated heterocycles. The Morgan fingerprint density at radius 3 is 1.08 bits per heavy atom. The maximum Gasteiger partial charge on any atom is -0.00261 e. The van der Waals surface area contributed by atoms with Gasteiger partial charge in [0.1, 0.15) is 0 Å². The van der Waals surface area contributed by atoms with Gasteiger partial charge in [0.2, 0.25) is 0 Å². The highest BCUT2D eigenvalue weighted by atomic mass is 14.2. The first-order valence-corrected chi connectivity index (χ1v) is 18.1. The third-order valence-electron chi connectivity index (χ3n) is 11.2. The Kier molecular flexibility index (Phi) is 6.35. The van der Waals surface area contributed by atoms with Crippen LogP contribution in [0.4, 0.5) is 0 Å². The SMILES string of the molecule is c1ccc2c(c1)cc(-c1ccc(-c3c4ccccc4c(-c4ccc5c6ccccc6c6ccccc6c5c4)c4ccccc34)cc1)c1ccccc12. The highest BCUT2D eigenvalue weighted by molar-refractivity contribution is 6.27. The first kappa shape index (κ1) is 29.0. The second kappa shape index (κ2) is 11.4. The lowest BCUT2D eigenvalue weighted by molar-refractivity contribution is 1.64. The molecule has 0 aliphatic heterocycles. The molecule has 0 fully saturated rings. The number of fused-ring (bicyclic) bond motifs is 11. The average molecular weight is 657 g/mol. The maximum atomic E-state index is 2.43. The maximum absolute atomic E-state index is 2.43. The molecular formula is C52H32. The molecule has 11 aromatic carbocycles. The van der Waals surface area contributed by atoms with E-state index in [1.807, 2.05) is 0 Å². The van der Waals surface area contributed by atoms with Gasteiger partial charge in [0.25, 0.3) is 0 Å². The van der Waals surface area contributed by atoms with Crippen LogP contribution in [0.2, 0.25) is 0 Å². The summed E-state index contributed by atoms with van der Waals surface area (Å²) in [5.74, 6) is 0. The normalized spacial score (nSPS) is 11.8. The van der Waals surface area contributed by atoms with E-state index in [-0.39, 0.29) is 0 Å². The minimum Gasteiger partial charge on any atom is -0.0616 e. The zero-order chi connectivity index (χ0) is 34.2. The molecular weight excluding hydrogens is 625 g/mol. The fourth-order valence-electron chi connectivity index (χ4n) is 8.92. The predicted octanol–water partition coefficient (Wildman–Crippen LogP) is 14.8. The Morgan fingerprint density at radius 1 is 0.192 bits per heavy atom. The monoisotopic (exact) mass is 656 g/mol. The molecule has 11 rings (SSSR count). The fourth-order valence-corrected chi connectivity index (χ4v) is 8.92. The summed E-state index contributed by atoms with van der Waals surface area (Å²) in [5, 5.41) is 18.0. The summed E-state index contributed by atoms with van der Waals surface area (Å²) >= 11 is 0. The molecule has 0 nitrogen and oxygen atoms in total. The van der Waals surface area contributed by atoms with Crippen LogP contribution in [0, 0.1) is 0 Å². The summed E-state index contributed by atoms with van der Waals surface area (Å²) in [5.41, 5.74) is 7.53. The van der Waals surface area contributed by atoms with Crippen molar-refractivity contribution in [3.8, 4) is 33.4 Å². The van der Waals surface area contributed by atoms with Crippen molar-refractivity contribution < 1.29 is 0 Å². The van der Waals surface area contributed by atoms with Crippen LogP contribution in [0.15, 0.2) is 194 Å². The Labute approximate surface area is 301 Å². The van der Waals surface area contributed by atoms with Gasteiger partial charge in [-0.2, -0.15) is 0 Å². The standard InChI is InChI=1S/C52H32/c1-2-14-37-35(13-1)31-49(42-19-7-3-15-38(37)42)33-25-27-34(28-26-33)51-45-21-9-11-23-47(45)52(48-24-12-10-22-46(48)51)36-29-30-44-41-18-5-4-16-39(41)40-17-6-8-20-43(40)50(44)32-36/h1-32H. The molecule has 0 radical (unpaired) electrons. The minimum atomic E-state index is 1.23. The Balaban J connectivity index is 1.13. The zero-order valence-corrected chi connectivity index (χ0v) is 28.5. The van der Waals surface area contributed by atoms with Crippen molar-refractivity contribution in [3.63, 3.8) is 0 Å². The Bertz CT molecular complexity index is 3130. The lowest BCUT2D eigenvalue weighted by Gasteiger charge is -2.19. The van der Waals surface area contributed by atoms with Gasteiger partial charge in [-0.3, -0.25) is 0 Å². The molecule has 0 amide bonds. The van der Waals surface area contributed by atoms with Gasteiger partial charge < -0.3 is 0 Å². The molecule has 0 spiro atoms. The molecule has 0 heterocycles. The molecule has 0 aliphatic carbocycles. The molecule has 240 valence electrons. The fraction of sp³-hybridized carbons (Fsp3) is 0. The Hall–Kier alpha value is -6.76. The van der Waals surface area contributed by atoms with Crippen molar-refractivity contribution in [2.24, 2.45) is 0 Å². The first-order chi connectivity index (χ1) is 25.8. The van der Waals surface area contributed by atoms with Crippen molar-refractivity contribution in [2.75, 3.05) is 0 Å². The van der Waals surface area contributed by atoms with Gasteiger partial charge in [-0.25, -0.2) is 0 Å². The van der Waals surface area contributed by atoms with Crippen LogP contribution in [0.5, 0.6) is 0 Å². The number of hydrogen-bond acceptors (Lipinski definition) is 0. The van der Waals surface area contributed by atoms with Crippen LogP contribution in [-0.4, -0.2) is 0 Å². The van der Waals surface area contributed by atoms with Gasteiger partial charge in [0.15, 0.2) is 0 Å². The van der Waals surface area contributed by atoms with Crippen molar-refractivity contribution in [2.45, 2.75) is 0 Å². The van der Waals surface area contributed by atoms with E-state index in [1.54, 1.807) is 0 Å². The van der Waals surface area contributed by atoms with Gasteiger partial charge in [-0.15, -0.1) is 0 Å². The summed E-state index contributed by atoms with van der Waals surface area (Å²) in [6, 6.07) is 71.8. The number of hydrogen-bond donors (Lipinski definition) is 0. The van der Waals surface area contributed by atoms with Crippen LogP contribution >= 0.6 is 0 Å². The van der Waals surface area contributed by atoms with Crippen molar-refractivity contribution >= 4 is 75.4 Å². The van der Waals surface area contributed by atoms with E-state index in [0.717, 1.165) is 0 Å². The lowest BCUT2D eigenvalue weighted by atomic mass is 9.84. The average Bonchev–Trinajstić information content (AvgIpc) is 3.22. The van der Waals surface area contributed by atoms with Gasteiger partial charge in [-0.05, 0) is 121 Å². The predicted molar refractivity (Wildman–Crippen MR) is 225 cm³/mol. The highest BCUT2D eigenvalue weighted by Gasteiger charge is 2.18. The van der Waals surface area contributed by atoms with Crippen molar-refractivity contribution in [3.05, 3.63) is 194 Å². The molecule has 0 unspecified atom stereocenters. The molecule has 52 heavy (non-hydrogen) atoms. The van der Waals surface area contributed by atoms with E-state index in [2.05, 4.69) is 194 Å². The Morgan fingerprint density at radius 2 is 0.538 bits per heavy atom. The quantitative estimate of drug-likeness (QED) is 0.131. The van der Waals surface area contributed by atoms with Crippen molar-refractivity contribution in [1.82, 2.24) is 0 Å². The van der Waals surface area contributed by atoms with E-state index in [4.69, 9.17) is 0 Å². The van der Waals surface area contributed by atoms with Crippen LogP contribution < -0.4 is 0 Å². The summed E-state index contributed by atoms with van der Waals surface area (Å²) < 4.78 is 0. The molecule has 0 aliphatic rings. The van der Waals surface area contributed by atoms with Gasteiger partial charge >= 0.3 is 0 Å². The summed E-state index contributed by atoms with van der Waals surface area (Å²) in [6.07, 6.45) is 0. The third-order valence-corrected chi connectivity index (χ3v) is 11.2. The van der Waals surface area contributed by atoms with Crippen LogP contribution in [0.25, 0.3) is 109 Å². The molecule has 0 heteroatoms. The molecule has 0 N–H and O–H groups in total. The smallest absolute Gasteiger partial charge is 0.00261 e. The third kappa shape index (κ3) is 4.28.